The Morgan fingerprint density at radius 2 is 2.25 bits per heavy atom. The van der Waals surface area contributed by atoms with Crippen LogP contribution in [-0.2, 0) is 0 Å². The molecule has 0 radical (unpaired) electrons. The van der Waals surface area contributed by atoms with Crippen LogP contribution in [0.5, 0.6) is 0 Å². The third-order valence-electron chi connectivity index (χ3n) is 1.28. The Labute approximate surface area is 50.3 Å². The molecule has 1 nitrogen and oxygen atoms in total. The van der Waals surface area contributed by atoms with Crippen molar-refractivity contribution >= 4 is 6.21 Å². The van der Waals surface area contributed by atoms with Crippen LogP contribution in [0.1, 0.15) is 6.42 Å². The molecule has 0 amide bonds. The lowest BCUT2D eigenvalue weighted by Crippen LogP contribution is -2.11. The first-order chi connectivity index (χ1) is 3.79. The second-order valence-corrected chi connectivity index (χ2v) is 2.44. The molecule has 0 saturated carbocycles. The molecular formula is C7H12N+. The van der Waals surface area contributed by atoms with Gasteiger partial charge < -0.3 is 0 Å². The second kappa shape index (κ2) is 2.12. The van der Waals surface area contributed by atoms with E-state index in [1.807, 2.05) is 0 Å². The third kappa shape index (κ3) is 1.19. The summed E-state index contributed by atoms with van der Waals surface area (Å²) in [4.78, 5) is 0. The van der Waals surface area contributed by atoms with E-state index in [1.54, 1.807) is 0 Å². The minimum Gasteiger partial charge on any atom is -0.244 e. The fraction of sp³-hybridized carbons (Fsp3) is 0.571. The van der Waals surface area contributed by atoms with Crippen LogP contribution in [0.3, 0.4) is 0 Å². The van der Waals surface area contributed by atoms with Gasteiger partial charge in [0, 0.05) is 0 Å². The van der Waals surface area contributed by atoms with Gasteiger partial charge in [0.1, 0.15) is 20.3 Å². The van der Waals surface area contributed by atoms with Crippen LogP contribution in [0.2, 0.25) is 0 Å². The molecule has 0 aromatic heterocycles. The van der Waals surface area contributed by atoms with E-state index in [0.717, 1.165) is 5.92 Å². The number of hydrogen-bond acceptors (Lipinski definition) is 0. The highest BCUT2D eigenvalue weighted by atomic mass is 14.9. The van der Waals surface area contributed by atoms with E-state index in [1.165, 1.54) is 6.42 Å². The average molecular weight is 110 g/mol. The minimum absolute atomic E-state index is 0.727. The Morgan fingerprint density at radius 3 is 2.38 bits per heavy atom. The fourth-order valence-electron chi connectivity index (χ4n) is 0.787. The number of rotatable bonds is 1. The first-order valence-corrected chi connectivity index (χ1v) is 2.97. The van der Waals surface area contributed by atoms with Gasteiger partial charge in [-0.05, 0) is 6.42 Å². The van der Waals surface area contributed by atoms with Crippen molar-refractivity contribution in [3.63, 3.8) is 0 Å². The molecule has 0 N–H and O–H groups in total. The van der Waals surface area contributed by atoms with Crippen molar-refractivity contribution in [1.82, 2.24) is 0 Å². The molecule has 0 aromatic carbocycles. The molecule has 0 saturated heterocycles. The molecule has 1 heteroatoms. The molecule has 1 aliphatic rings. The van der Waals surface area contributed by atoms with E-state index in [9.17, 15) is 0 Å². The van der Waals surface area contributed by atoms with E-state index in [0.29, 0.717) is 0 Å². The zero-order valence-electron chi connectivity index (χ0n) is 5.46. The lowest BCUT2D eigenvalue weighted by Gasteiger charge is -2.08. The van der Waals surface area contributed by atoms with Crippen LogP contribution in [0.4, 0.5) is 0 Å². The summed E-state index contributed by atoms with van der Waals surface area (Å²) in [5.41, 5.74) is 0. The fourth-order valence-corrected chi connectivity index (χ4v) is 0.787. The quantitative estimate of drug-likeness (QED) is 0.268. The molecule has 44 valence electrons. The van der Waals surface area contributed by atoms with Crippen LogP contribution in [0.25, 0.3) is 0 Å². The van der Waals surface area contributed by atoms with Gasteiger partial charge in [-0.25, -0.2) is 4.58 Å². The lowest BCUT2D eigenvalue weighted by atomic mass is 9.97. The Morgan fingerprint density at radius 1 is 1.62 bits per heavy atom. The van der Waals surface area contributed by atoms with Crippen molar-refractivity contribution in [1.29, 1.82) is 0 Å². The van der Waals surface area contributed by atoms with Crippen molar-refractivity contribution in [3.8, 4) is 0 Å². The zero-order valence-corrected chi connectivity index (χ0v) is 5.46. The van der Waals surface area contributed by atoms with Crippen molar-refractivity contribution in [2.24, 2.45) is 5.92 Å². The highest BCUT2D eigenvalue weighted by Gasteiger charge is 2.09. The van der Waals surface area contributed by atoms with Crippen molar-refractivity contribution in [3.05, 3.63) is 12.2 Å². The molecule has 1 aliphatic carbocycles. The van der Waals surface area contributed by atoms with Crippen LogP contribution in [-0.4, -0.2) is 24.9 Å². The molecule has 0 aliphatic heterocycles. The lowest BCUT2D eigenvalue weighted by molar-refractivity contribution is -0.461. The summed E-state index contributed by atoms with van der Waals surface area (Å²) < 4.78 is 2.11. The summed E-state index contributed by atoms with van der Waals surface area (Å²) in [7, 11) is 4.12. The first-order valence-electron chi connectivity index (χ1n) is 2.97. The van der Waals surface area contributed by atoms with Crippen LogP contribution >= 0.6 is 0 Å². The highest BCUT2D eigenvalue weighted by Crippen LogP contribution is 2.12. The molecule has 0 spiro atoms. The average Bonchev–Trinajstić information content (AvgIpc) is 1.55. The number of nitrogens with zero attached hydrogens (tertiary/aromatic N) is 1. The van der Waals surface area contributed by atoms with Crippen LogP contribution in [0.15, 0.2) is 12.2 Å². The van der Waals surface area contributed by atoms with Crippen molar-refractivity contribution < 1.29 is 4.58 Å². The van der Waals surface area contributed by atoms with Gasteiger partial charge in [-0.1, -0.05) is 12.2 Å². The molecule has 0 bridgehead atoms. The van der Waals surface area contributed by atoms with Gasteiger partial charge in [-0.2, -0.15) is 0 Å². The highest BCUT2D eigenvalue weighted by molar-refractivity contribution is 5.60. The van der Waals surface area contributed by atoms with Gasteiger partial charge in [-0.3, -0.25) is 0 Å². The van der Waals surface area contributed by atoms with E-state index in [2.05, 4.69) is 37.0 Å². The Kier molecular flexibility index (Phi) is 1.47. The molecule has 8 heavy (non-hydrogen) atoms. The topological polar surface area (TPSA) is 3.01 Å². The number of hydrogen-bond donors (Lipinski definition) is 0. The summed E-state index contributed by atoms with van der Waals surface area (Å²) in [6, 6.07) is 0. The monoisotopic (exact) mass is 110 g/mol. The van der Waals surface area contributed by atoms with Gasteiger partial charge in [0.2, 0.25) is 0 Å². The zero-order chi connectivity index (χ0) is 5.98. The van der Waals surface area contributed by atoms with Crippen LogP contribution in [0, 0.1) is 5.92 Å². The summed E-state index contributed by atoms with van der Waals surface area (Å²) in [5.74, 6) is 0.727. The van der Waals surface area contributed by atoms with Gasteiger partial charge >= 0.3 is 0 Å². The van der Waals surface area contributed by atoms with E-state index < -0.39 is 0 Å². The summed E-state index contributed by atoms with van der Waals surface area (Å²) >= 11 is 0. The molecular weight excluding hydrogens is 98.1 g/mol. The molecule has 1 atom stereocenters. The number of allylic oxidation sites excluding steroid dienone is 2. The maximum Gasteiger partial charge on any atom is 0.146 e. The largest absolute Gasteiger partial charge is 0.244 e. The Balaban J connectivity index is 2.40. The van der Waals surface area contributed by atoms with E-state index in [4.69, 9.17) is 0 Å². The predicted molar refractivity (Wildman–Crippen MR) is 35.4 cm³/mol. The Hall–Kier alpha value is -0.590. The van der Waals surface area contributed by atoms with Crippen molar-refractivity contribution in [2.45, 2.75) is 6.42 Å². The molecule has 1 unspecified atom stereocenters. The smallest absolute Gasteiger partial charge is 0.146 e. The maximum absolute atomic E-state index is 2.22. The maximum atomic E-state index is 2.22. The van der Waals surface area contributed by atoms with E-state index in [-0.39, 0.29) is 0 Å². The predicted octanol–water partition coefficient (Wildman–Crippen LogP) is 0.905. The van der Waals surface area contributed by atoms with Crippen LogP contribution < -0.4 is 0 Å². The van der Waals surface area contributed by atoms with Gasteiger partial charge in [0.05, 0.1) is 5.92 Å². The molecule has 0 fully saturated rings. The van der Waals surface area contributed by atoms with Gasteiger partial charge in [0.15, 0.2) is 0 Å². The summed E-state index contributed by atoms with van der Waals surface area (Å²) in [6.45, 7) is 0. The standard InChI is InChI=1S/C7H12N/c1-8(2)6-7-4-3-5-7/h3-4,6-7H,5H2,1-2H3/q+1. The molecule has 0 aromatic rings. The Bertz CT molecular complexity index is 129. The van der Waals surface area contributed by atoms with Gasteiger partial charge in [-0.15, -0.1) is 0 Å². The SMILES string of the molecule is C[N+](C)=CC1C=CC1. The minimum atomic E-state index is 0.727. The van der Waals surface area contributed by atoms with Gasteiger partial charge in [0.25, 0.3) is 0 Å². The van der Waals surface area contributed by atoms with Crippen molar-refractivity contribution in [2.75, 3.05) is 14.1 Å². The summed E-state index contributed by atoms with van der Waals surface area (Å²) in [6.07, 6.45) is 7.88. The summed E-state index contributed by atoms with van der Waals surface area (Å²) in [5, 5.41) is 0. The third-order valence-corrected chi connectivity index (χ3v) is 1.28. The molecule has 1 rings (SSSR count). The molecule has 0 heterocycles. The normalized spacial score (nSPS) is 24.5. The second-order valence-electron chi connectivity index (χ2n) is 2.44. The van der Waals surface area contributed by atoms with E-state index >= 15 is 0 Å². The first kappa shape index (κ1) is 5.54.